The first-order chi connectivity index (χ1) is 15.2. The summed E-state index contributed by atoms with van der Waals surface area (Å²) in [5.74, 6) is 1.68. The lowest BCUT2D eigenvalue weighted by molar-refractivity contribution is -0.220. The number of methoxy groups -OCH3 is 2. The third kappa shape index (κ3) is 10.3. The second-order valence-electron chi connectivity index (χ2n) is 8.97. The van der Waals surface area contributed by atoms with Gasteiger partial charge in [-0.05, 0) is 50.9 Å². The Morgan fingerprint density at radius 2 is 1.66 bits per heavy atom. The van der Waals surface area contributed by atoms with E-state index in [1.165, 1.54) is 0 Å². The van der Waals surface area contributed by atoms with Gasteiger partial charge in [-0.15, -0.1) is 0 Å². The zero-order chi connectivity index (χ0) is 24.7. The summed E-state index contributed by atoms with van der Waals surface area (Å²) in [4.78, 5) is 5.24. The molecule has 9 atom stereocenters. The van der Waals surface area contributed by atoms with Crippen molar-refractivity contribution in [2.45, 2.75) is 105 Å². The highest BCUT2D eigenvalue weighted by atomic mass is 16.7. The van der Waals surface area contributed by atoms with Crippen LogP contribution in [0.3, 0.4) is 0 Å². The van der Waals surface area contributed by atoms with E-state index in [2.05, 4.69) is 40.1 Å². The third-order valence-electron chi connectivity index (χ3n) is 6.94. The van der Waals surface area contributed by atoms with Crippen molar-refractivity contribution in [3.63, 3.8) is 0 Å². The molecule has 1 aliphatic rings. The first-order valence-electron chi connectivity index (χ1n) is 12.6. The van der Waals surface area contributed by atoms with E-state index in [1.54, 1.807) is 14.2 Å². The quantitative estimate of drug-likeness (QED) is 0.292. The molecular formula is C25H53NO6. The summed E-state index contributed by atoms with van der Waals surface area (Å²) in [5, 5.41) is 9.85. The van der Waals surface area contributed by atoms with Gasteiger partial charge in [-0.25, -0.2) is 0 Å². The number of aliphatic hydroxyl groups excluding tert-OH is 1. The molecule has 1 aliphatic heterocycles. The summed E-state index contributed by atoms with van der Waals surface area (Å²) >= 11 is 0. The maximum absolute atomic E-state index is 9.85. The Morgan fingerprint density at radius 3 is 2.12 bits per heavy atom. The molecule has 0 radical (unpaired) electrons. The van der Waals surface area contributed by atoms with Gasteiger partial charge in [0, 0.05) is 33.4 Å². The highest BCUT2D eigenvalue weighted by molar-refractivity contribution is 4.86. The SMILES string of the molecule is CCOCCC(C)C(C)C(OC)C(O)CC.CCONC1OC(CC)C(OC)C(C)C1C. The van der Waals surface area contributed by atoms with Crippen LogP contribution in [0.15, 0.2) is 0 Å². The van der Waals surface area contributed by atoms with Crippen LogP contribution in [-0.2, 0) is 23.8 Å². The minimum Gasteiger partial charge on any atom is -0.390 e. The number of hydroxylamine groups is 1. The molecular weight excluding hydrogens is 410 g/mol. The molecule has 9 unspecified atom stereocenters. The Bertz CT molecular complexity index is 432. The minimum atomic E-state index is -0.366. The molecule has 2 N–H and O–H groups in total. The van der Waals surface area contributed by atoms with E-state index in [1.807, 2.05) is 20.8 Å². The fraction of sp³-hybridized carbons (Fsp3) is 1.00. The molecule has 0 saturated carbocycles. The maximum atomic E-state index is 9.85. The van der Waals surface area contributed by atoms with Gasteiger partial charge >= 0.3 is 0 Å². The molecule has 0 aromatic rings. The first kappa shape index (κ1) is 31.7. The average Bonchev–Trinajstić information content (AvgIpc) is 2.80. The van der Waals surface area contributed by atoms with Crippen molar-refractivity contribution >= 4 is 0 Å². The van der Waals surface area contributed by atoms with Crippen molar-refractivity contribution < 1.29 is 28.9 Å². The largest absolute Gasteiger partial charge is 0.390 e. The van der Waals surface area contributed by atoms with Crippen molar-refractivity contribution in [1.82, 2.24) is 5.48 Å². The van der Waals surface area contributed by atoms with Crippen LogP contribution in [0.1, 0.15) is 74.7 Å². The Labute approximate surface area is 197 Å². The molecule has 0 aromatic heterocycles. The molecule has 0 aromatic carbocycles. The van der Waals surface area contributed by atoms with Gasteiger partial charge in [0.15, 0.2) is 0 Å². The molecule has 0 bridgehead atoms. The Kier molecular flexibility index (Phi) is 17.9. The molecule has 7 heteroatoms. The maximum Gasteiger partial charge on any atom is 0.133 e. The van der Waals surface area contributed by atoms with Gasteiger partial charge in [-0.3, -0.25) is 4.84 Å². The lowest BCUT2D eigenvalue weighted by atomic mass is 9.83. The molecule has 32 heavy (non-hydrogen) atoms. The van der Waals surface area contributed by atoms with Crippen LogP contribution in [0.4, 0.5) is 0 Å². The van der Waals surface area contributed by atoms with E-state index in [4.69, 9.17) is 23.8 Å². The molecule has 1 fully saturated rings. The van der Waals surface area contributed by atoms with Crippen LogP contribution >= 0.6 is 0 Å². The summed E-state index contributed by atoms with van der Waals surface area (Å²) in [6.07, 6.45) is 2.57. The van der Waals surface area contributed by atoms with Crippen LogP contribution in [0.2, 0.25) is 0 Å². The summed E-state index contributed by atoms with van der Waals surface area (Å²) < 4.78 is 22.3. The molecule has 7 nitrogen and oxygen atoms in total. The van der Waals surface area contributed by atoms with Crippen LogP contribution in [-0.4, -0.2) is 69.8 Å². The number of hydrogen-bond donors (Lipinski definition) is 2. The number of nitrogens with one attached hydrogen (secondary N) is 1. The van der Waals surface area contributed by atoms with Gasteiger partial charge in [0.25, 0.3) is 0 Å². The van der Waals surface area contributed by atoms with Crippen LogP contribution in [0, 0.1) is 23.7 Å². The molecule has 0 aliphatic carbocycles. The Balaban J connectivity index is 0.000000601. The van der Waals surface area contributed by atoms with Gasteiger partial charge in [-0.2, -0.15) is 5.48 Å². The predicted octanol–water partition coefficient (Wildman–Crippen LogP) is 4.42. The second-order valence-corrected chi connectivity index (χ2v) is 8.97. The van der Waals surface area contributed by atoms with E-state index in [9.17, 15) is 5.11 Å². The van der Waals surface area contributed by atoms with E-state index in [-0.39, 0.29) is 30.6 Å². The topological polar surface area (TPSA) is 78.4 Å². The fourth-order valence-electron chi connectivity index (χ4n) is 4.25. The lowest BCUT2D eigenvalue weighted by Crippen LogP contribution is -2.54. The van der Waals surface area contributed by atoms with E-state index >= 15 is 0 Å². The standard InChI is InChI=1S/C13H28O3.C12H25NO3/c1-6-12(14)13(15-5)11(4)10(3)8-9-16-7-2;1-6-10-11(14-5)8(3)9(4)12(16-10)13-15-7-2/h10-14H,6-9H2,1-5H3;8-13H,6-7H2,1-5H3. The number of hydrogen-bond acceptors (Lipinski definition) is 7. The highest BCUT2D eigenvalue weighted by Crippen LogP contribution is 2.32. The number of aliphatic hydroxyl groups is 1. The Morgan fingerprint density at radius 1 is 1.00 bits per heavy atom. The zero-order valence-electron chi connectivity index (χ0n) is 22.4. The average molecular weight is 464 g/mol. The Hall–Kier alpha value is -0.280. The van der Waals surface area contributed by atoms with Crippen molar-refractivity contribution in [1.29, 1.82) is 0 Å². The van der Waals surface area contributed by atoms with E-state index < -0.39 is 0 Å². The number of ether oxygens (including phenoxy) is 4. The summed E-state index contributed by atoms with van der Waals surface area (Å²) in [7, 11) is 3.44. The second kappa shape index (κ2) is 18.1. The van der Waals surface area contributed by atoms with E-state index in [0.29, 0.717) is 30.3 Å². The van der Waals surface area contributed by atoms with Gasteiger partial charge in [0.05, 0.1) is 31.0 Å². The molecule has 1 saturated heterocycles. The molecule has 0 amide bonds. The monoisotopic (exact) mass is 463 g/mol. The highest BCUT2D eigenvalue weighted by Gasteiger charge is 2.40. The van der Waals surface area contributed by atoms with Crippen molar-refractivity contribution in [2.24, 2.45) is 23.7 Å². The van der Waals surface area contributed by atoms with Gasteiger partial charge in [0.2, 0.25) is 0 Å². The third-order valence-corrected chi connectivity index (χ3v) is 6.94. The predicted molar refractivity (Wildman–Crippen MR) is 129 cm³/mol. The molecule has 194 valence electrons. The van der Waals surface area contributed by atoms with Crippen molar-refractivity contribution in [3.8, 4) is 0 Å². The first-order valence-corrected chi connectivity index (χ1v) is 12.6. The summed E-state index contributed by atoms with van der Waals surface area (Å²) in [5.41, 5.74) is 2.98. The molecule has 0 spiro atoms. The van der Waals surface area contributed by atoms with Crippen molar-refractivity contribution in [3.05, 3.63) is 0 Å². The van der Waals surface area contributed by atoms with Crippen LogP contribution in [0.25, 0.3) is 0 Å². The van der Waals surface area contributed by atoms with Crippen LogP contribution < -0.4 is 5.48 Å². The zero-order valence-corrected chi connectivity index (χ0v) is 22.4. The normalized spacial score (nSPS) is 29.5. The van der Waals surface area contributed by atoms with Gasteiger partial charge in [0.1, 0.15) is 6.23 Å². The minimum absolute atomic E-state index is 0.0358. The fourth-order valence-corrected chi connectivity index (χ4v) is 4.25. The van der Waals surface area contributed by atoms with E-state index in [0.717, 1.165) is 32.5 Å². The van der Waals surface area contributed by atoms with Gasteiger partial charge < -0.3 is 24.1 Å². The molecule has 1 rings (SSSR count). The van der Waals surface area contributed by atoms with Crippen LogP contribution in [0.5, 0.6) is 0 Å². The van der Waals surface area contributed by atoms with Crippen molar-refractivity contribution in [2.75, 3.05) is 34.0 Å². The summed E-state index contributed by atoms with van der Waals surface area (Å²) in [6.45, 7) is 19.0. The van der Waals surface area contributed by atoms with Gasteiger partial charge in [-0.1, -0.05) is 41.5 Å². The number of rotatable bonds is 14. The molecule has 1 heterocycles. The summed E-state index contributed by atoms with van der Waals surface area (Å²) in [6, 6.07) is 0. The smallest absolute Gasteiger partial charge is 0.133 e. The lowest BCUT2D eigenvalue weighted by Gasteiger charge is -2.43.